The maximum absolute atomic E-state index is 13.4. The molecule has 1 aliphatic heterocycles. The normalized spacial score (nSPS) is 23.0. The van der Waals surface area contributed by atoms with E-state index in [4.69, 9.17) is 5.11 Å². The summed E-state index contributed by atoms with van der Waals surface area (Å²) in [5.74, 6) is -10.5. The number of carbonyl (C=O) groups excluding carboxylic acids is 1. The van der Waals surface area contributed by atoms with Gasteiger partial charge in [0.15, 0.2) is 0 Å². The van der Waals surface area contributed by atoms with Crippen molar-refractivity contribution in [1.82, 2.24) is 4.90 Å². The summed E-state index contributed by atoms with van der Waals surface area (Å²) in [6.07, 6.45) is -6.69. The summed E-state index contributed by atoms with van der Waals surface area (Å²) in [5, 5.41) is 8.88. The van der Waals surface area contributed by atoms with Gasteiger partial charge in [-0.2, -0.15) is 22.0 Å². The van der Waals surface area contributed by atoms with E-state index in [9.17, 15) is 31.5 Å². The smallest absolute Gasteiger partial charge is 0.453 e. The highest BCUT2D eigenvalue weighted by atomic mass is 19.4. The molecule has 10 heteroatoms. The number of rotatable bonds is 4. The molecule has 0 spiro atoms. The fourth-order valence-electron chi connectivity index (χ4n) is 2.14. The molecule has 0 bridgehead atoms. The molecule has 0 saturated carbocycles. The van der Waals surface area contributed by atoms with Crippen molar-refractivity contribution < 1.29 is 41.4 Å². The van der Waals surface area contributed by atoms with Crippen LogP contribution in [-0.4, -0.2) is 53.9 Å². The zero-order valence-electron chi connectivity index (χ0n) is 11.3. The Bertz CT molecular complexity index is 451. The monoisotopic (exact) mass is 331 g/mol. The number of likely N-dealkylation sites (tertiary alicyclic amines) is 1. The zero-order chi connectivity index (χ0) is 17.1. The number of amides is 1. The summed E-state index contributed by atoms with van der Waals surface area (Å²) in [5.41, 5.74) is 0. The highest BCUT2D eigenvalue weighted by Crippen LogP contribution is 2.45. The molecule has 1 aliphatic rings. The SMILES string of the molecule is C=CCOC(=O)N1CC(C(=O)O)CC(C(F)(F)C(F)(F)F)C1. The van der Waals surface area contributed by atoms with Gasteiger partial charge in [-0.15, -0.1) is 0 Å². The van der Waals surface area contributed by atoms with Crippen LogP contribution in [0.3, 0.4) is 0 Å². The van der Waals surface area contributed by atoms with Crippen LogP contribution in [0.15, 0.2) is 12.7 Å². The first-order valence-electron chi connectivity index (χ1n) is 6.20. The Morgan fingerprint density at radius 1 is 1.27 bits per heavy atom. The van der Waals surface area contributed by atoms with Gasteiger partial charge in [-0.05, 0) is 6.42 Å². The Labute approximate surface area is 122 Å². The maximum Gasteiger partial charge on any atom is 0.453 e. The summed E-state index contributed by atoms with van der Waals surface area (Å²) in [7, 11) is 0. The molecule has 2 atom stereocenters. The minimum Gasteiger partial charge on any atom is -0.481 e. The second kappa shape index (κ2) is 6.49. The molecule has 0 aliphatic carbocycles. The molecule has 1 amide bonds. The van der Waals surface area contributed by atoms with Crippen molar-refractivity contribution in [3.8, 4) is 0 Å². The Balaban J connectivity index is 2.97. The van der Waals surface area contributed by atoms with Crippen molar-refractivity contribution in [2.75, 3.05) is 19.7 Å². The molecule has 1 N–H and O–H groups in total. The van der Waals surface area contributed by atoms with Gasteiger partial charge < -0.3 is 14.7 Å². The predicted molar refractivity (Wildman–Crippen MR) is 63.4 cm³/mol. The molecular formula is C12H14F5NO4. The second-order valence-electron chi connectivity index (χ2n) is 4.86. The van der Waals surface area contributed by atoms with Crippen molar-refractivity contribution in [2.24, 2.45) is 11.8 Å². The molecule has 0 radical (unpaired) electrons. The van der Waals surface area contributed by atoms with E-state index < -0.39 is 55.5 Å². The van der Waals surface area contributed by atoms with Crippen LogP contribution in [0.4, 0.5) is 26.7 Å². The van der Waals surface area contributed by atoms with Gasteiger partial charge in [-0.1, -0.05) is 12.7 Å². The molecule has 0 aromatic carbocycles. The summed E-state index contributed by atoms with van der Waals surface area (Å²) < 4.78 is 68.7. The van der Waals surface area contributed by atoms with Crippen LogP contribution < -0.4 is 0 Å². The number of alkyl halides is 5. The summed E-state index contributed by atoms with van der Waals surface area (Å²) in [6.45, 7) is 1.55. The number of nitrogens with zero attached hydrogens (tertiary/aromatic N) is 1. The number of halogens is 5. The third kappa shape index (κ3) is 3.86. The molecule has 22 heavy (non-hydrogen) atoms. The van der Waals surface area contributed by atoms with Crippen LogP contribution in [0.2, 0.25) is 0 Å². The third-order valence-electron chi connectivity index (χ3n) is 3.27. The Hall–Kier alpha value is -1.87. The topological polar surface area (TPSA) is 66.8 Å². The average Bonchev–Trinajstić information content (AvgIpc) is 2.42. The molecule has 1 saturated heterocycles. The van der Waals surface area contributed by atoms with Crippen molar-refractivity contribution in [2.45, 2.75) is 18.5 Å². The van der Waals surface area contributed by atoms with Crippen LogP contribution in [-0.2, 0) is 9.53 Å². The maximum atomic E-state index is 13.4. The van der Waals surface area contributed by atoms with Crippen LogP contribution >= 0.6 is 0 Å². The first-order valence-corrected chi connectivity index (χ1v) is 6.20. The van der Waals surface area contributed by atoms with E-state index in [1.54, 1.807) is 0 Å². The molecule has 0 aromatic heterocycles. The molecule has 0 aromatic rings. The van der Waals surface area contributed by atoms with Crippen LogP contribution in [0.25, 0.3) is 0 Å². The number of carboxylic acids is 1. The summed E-state index contributed by atoms with van der Waals surface area (Å²) >= 11 is 0. The molecule has 126 valence electrons. The molecule has 1 rings (SSSR count). The fourth-order valence-corrected chi connectivity index (χ4v) is 2.14. The third-order valence-corrected chi connectivity index (χ3v) is 3.27. The number of hydrogen-bond acceptors (Lipinski definition) is 3. The van der Waals surface area contributed by atoms with Gasteiger partial charge in [0.2, 0.25) is 0 Å². The largest absolute Gasteiger partial charge is 0.481 e. The first kappa shape index (κ1) is 18.2. The minimum absolute atomic E-state index is 0.270. The first-order chi connectivity index (χ1) is 10.0. The standard InChI is InChI=1S/C12H14F5NO4/c1-2-3-22-10(21)18-5-7(9(19)20)4-8(6-18)11(13,14)12(15,16)17/h2,7-8H,1,3-6H2,(H,19,20). The Morgan fingerprint density at radius 2 is 1.86 bits per heavy atom. The zero-order valence-corrected chi connectivity index (χ0v) is 11.3. The van der Waals surface area contributed by atoms with Crippen molar-refractivity contribution in [1.29, 1.82) is 0 Å². The van der Waals surface area contributed by atoms with Gasteiger partial charge in [0, 0.05) is 13.1 Å². The molecule has 1 heterocycles. The van der Waals surface area contributed by atoms with E-state index in [1.165, 1.54) is 6.08 Å². The number of ether oxygens (including phenoxy) is 1. The minimum atomic E-state index is -5.82. The van der Waals surface area contributed by atoms with Crippen LogP contribution in [0.1, 0.15) is 6.42 Å². The van der Waals surface area contributed by atoms with E-state index in [-0.39, 0.29) is 6.61 Å². The number of piperidine rings is 1. The van der Waals surface area contributed by atoms with Crippen molar-refractivity contribution >= 4 is 12.1 Å². The number of aliphatic carboxylic acids is 1. The highest BCUT2D eigenvalue weighted by Gasteiger charge is 2.63. The second-order valence-corrected chi connectivity index (χ2v) is 4.86. The van der Waals surface area contributed by atoms with Gasteiger partial charge >= 0.3 is 24.2 Å². The molecule has 1 fully saturated rings. The van der Waals surface area contributed by atoms with Gasteiger partial charge in [-0.3, -0.25) is 4.79 Å². The fraction of sp³-hybridized carbons (Fsp3) is 0.667. The van der Waals surface area contributed by atoms with Gasteiger partial charge in [0.1, 0.15) is 6.61 Å². The van der Waals surface area contributed by atoms with Crippen molar-refractivity contribution in [3.63, 3.8) is 0 Å². The lowest BCUT2D eigenvalue weighted by atomic mass is 9.85. The molecular weight excluding hydrogens is 317 g/mol. The summed E-state index contributed by atoms with van der Waals surface area (Å²) in [6, 6.07) is 0. The van der Waals surface area contributed by atoms with Gasteiger partial charge in [-0.25, -0.2) is 4.79 Å². The van der Waals surface area contributed by atoms with E-state index >= 15 is 0 Å². The van der Waals surface area contributed by atoms with Crippen molar-refractivity contribution in [3.05, 3.63) is 12.7 Å². The Kier molecular flexibility index (Phi) is 5.36. The predicted octanol–water partition coefficient (Wildman–Crippen LogP) is 2.53. The van der Waals surface area contributed by atoms with E-state index in [0.29, 0.717) is 4.90 Å². The highest BCUT2D eigenvalue weighted by molar-refractivity contribution is 5.73. The van der Waals surface area contributed by atoms with E-state index in [2.05, 4.69) is 11.3 Å². The lowest BCUT2D eigenvalue weighted by molar-refractivity contribution is -0.307. The quantitative estimate of drug-likeness (QED) is 0.635. The van der Waals surface area contributed by atoms with Gasteiger partial charge in [0.05, 0.1) is 11.8 Å². The Morgan fingerprint density at radius 3 is 2.32 bits per heavy atom. The molecule has 2 unspecified atom stereocenters. The van der Waals surface area contributed by atoms with Gasteiger partial charge in [0.25, 0.3) is 0 Å². The van der Waals surface area contributed by atoms with Crippen LogP contribution in [0.5, 0.6) is 0 Å². The molecule has 5 nitrogen and oxygen atoms in total. The van der Waals surface area contributed by atoms with E-state index in [0.717, 1.165) is 0 Å². The average molecular weight is 331 g/mol. The lowest BCUT2D eigenvalue weighted by Crippen LogP contribution is -2.55. The van der Waals surface area contributed by atoms with Crippen LogP contribution in [0, 0.1) is 11.8 Å². The number of carboxylic acid groups (broad SMARTS) is 1. The number of carbonyl (C=O) groups is 2. The lowest BCUT2D eigenvalue weighted by Gasteiger charge is -2.39. The summed E-state index contributed by atoms with van der Waals surface area (Å²) in [4.78, 5) is 23.1. The number of hydrogen-bond donors (Lipinski definition) is 1. The van der Waals surface area contributed by atoms with E-state index in [1.807, 2.05) is 0 Å².